The van der Waals surface area contributed by atoms with Crippen molar-refractivity contribution in [2.45, 2.75) is 0 Å². The van der Waals surface area contributed by atoms with Gasteiger partial charge in [0, 0.05) is 25.5 Å². The van der Waals surface area contributed by atoms with E-state index in [1.165, 1.54) is 6.07 Å². The van der Waals surface area contributed by atoms with E-state index in [0.29, 0.717) is 5.82 Å². The molecule has 6 heteroatoms. The first-order chi connectivity index (χ1) is 9.06. The lowest BCUT2D eigenvalue weighted by molar-refractivity contribution is 0.0689. The molecule has 6 nitrogen and oxygen atoms in total. The van der Waals surface area contributed by atoms with Gasteiger partial charge in [-0.3, -0.25) is 0 Å². The maximum Gasteiger partial charge on any atom is 0.356 e. The van der Waals surface area contributed by atoms with Crippen LogP contribution in [-0.2, 0) is 0 Å². The minimum atomic E-state index is -1.09. The zero-order chi connectivity index (χ0) is 13.8. The number of aromatic nitrogens is 2. The minimum Gasteiger partial charge on any atom is -0.476 e. The lowest BCUT2D eigenvalue weighted by atomic mass is 10.2. The van der Waals surface area contributed by atoms with E-state index in [4.69, 9.17) is 5.11 Å². The van der Waals surface area contributed by atoms with Crippen LogP contribution in [-0.4, -0.2) is 35.4 Å². The van der Waals surface area contributed by atoms with Crippen molar-refractivity contribution in [2.75, 3.05) is 24.3 Å². The Balaban J connectivity index is 2.10. The Labute approximate surface area is 110 Å². The molecule has 0 amide bonds. The molecule has 0 aliphatic heterocycles. The van der Waals surface area contributed by atoms with Gasteiger partial charge in [0.25, 0.3) is 0 Å². The summed E-state index contributed by atoms with van der Waals surface area (Å²) in [7, 11) is 3.94. The number of aromatic carboxylic acids is 1. The summed E-state index contributed by atoms with van der Waals surface area (Å²) in [6, 6.07) is 10.8. The molecule has 2 rings (SSSR count). The third-order valence-electron chi connectivity index (χ3n) is 2.54. The Morgan fingerprint density at radius 3 is 2.26 bits per heavy atom. The highest BCUT2D eigenvalue weighted by molar-refractivity contribution is 5.85. The molecule has 0 saturated carbocycles. The van der Waals surface area contributed by atoms with Crippen molar-refractivity contribution < 1.29 is 9.90 Å². The fourth-order valence-electron chi connectivity index (χ4n) is 1.50. The second-order valence-corrected chi connectivity index (χ2v) is 4.18. The quantitative estimate of drug-likeness (QED) is 0.873. The molecular formula is C13H14N4O2. The van der Waals surface area contributed by atoms with Crippen LogP contribution >= 0.6 is 0 Å². The van der Waals surface area contributed by atoms with Crippen molar-refractivity contribution in [3.8, 4) is 0 Å². The van der Waals surface area contributed by atoms with Crippen molar-refractivity contribution in [2.24, 2.45) is 0 Å². The summed E-state index contributed by atoms with van der Waals surface area (Å²) in [6.45, 7) is 0. The molecule has 98 valence electrons. The van der Waals surface area contributed by atoms with Crippen molar-refractivity contribution in [1.29, 1.82) is 0 Å². The molecule has 0 aliphatic rings. The van der Waals surface area contributed by atoms with Gasteiger partial charge >= 0.3 is 5.97 Å². The van der Waals surface area contributed by atoms with Gasteiger partial charge in [-0.25, -0.2) is 4.79 Å². The van der Waals surface area contributed by atoms with Gasteiger partial charge in [0.15, 0.2) is 11.5 Å². The highest BCUT2D eigenvalue weighted by Gasteiger charge is 2.05. The van der Waals surface area contributed by atoms with Crippen LogP contribution in [0.2, 0.25) is 0 Å². The van der Waals surface area contributed by atoms with Crippen LogP contribution in [0.3, 0.4) is 0 Å². The maximum atomic E-state index is 10.6. The van der Waals surface area contributed by atoms with Gasteiger partial charge < -0.3 is 15.3 Å². The summed E-state index contributed by atoms with van der Waals surface area (Å²) < 4.78 is 0. The van der Waals surface area contributed by atoms with Gasteiger partial charge in [0.2, 0.25) is 0 Å². The topological polar surface area (TPSA) is 78.4 Å². The van der Waals surface area contributed by atoms with Crippen LogP contribution in [0.25, 0.3) is 0 Å². The molecule has 2 N–H and O–H groups in total. The Kier molecular flexibility index (Phi) is 3.61. The number of hydrogen-bond donors (Lipinski definition) is 2. The largest absolute Gasteiger partial charge is 0.476 e. The minimum absolute atomic E-state index is 0.0755. The van der Waals surface area contributed by atoms with Crippen LogP contribution in [0.4, 0.5) is 17.2 Å². The Morgan fingerprint density at radius 2 is 1.79 bits per heavy atom. The molecule has 0 unspecified atom stereocenters. The Morgan fingerprint density at radius 1 is 1.11 bits per heavy atom. The van der Waals surface area contributed by atoms with Crippen molar-refractivity contribution >= 4 is 23.2 Å². The molecular weight excluding hydrogens is 244 g/mol. The molecule has 0 bridgehead atoms. The van der Waals surface area contributed by atoms with E-state index in [9.17, 15) is 4.79 Å². The van der Waals surface area contributed by atoms with E-state index in [1.807, 2.05) is 43.3 Å². The van der Waals surface area contributed by atoms with Crippen LogP contribution in [0, 0.1) is 0 Å². The smallest absolute Gasteiger partial charge is 0.356 e. The summed E-state index contributed by atoms with van der Waals surface area (Å²) in [6.07, 6.45) is 0. The molecule has 1 aromatic heterocycles. The number of carboxylic acids is 1. The predicted molar refractivity (Wildman–Crippen MR) is 73.0 cm³/mol. The average Bonchev–Trinajstić information content (AvgIpc) is 2.40. The van der Waals surface area contributed by atoms with Gasteiger partial charge in [-0.15, -0.1) is 10.2 Å². The number of carboxylic acid groups (broad SMARTS) is 1. The number of nitrogens with one attached hydrogen (secondary N) is 1. The number of hydrogen-bond acceptors (Lipinski definition) is 5. The monoisotopic (exact) mass is 258 g/mol. The molecule has 0 saturated heterocycles. The third-order valence-corrected chi connectivity index (χ3v) is 2.54. The first kappa shape index (κ1) is 12.8. The number of nitrogens with zero attached hydrogens (tertiary/aromatic N) is 3. The fraction of sp³-hybridized carbons (Fsp3) is 0.154. The standard InChI is InChI=1S/C13H14N4O2/c1-17(2)10-5-3-9(4-6-10)14-12-8-7-11(13(18)19)15-16-12/h3-8H,1-2H3,(H,14,16)(H,18,19). The predicted octanol–water partition coefficient (Wildman–Crippen LogP) is 1.98. The molecule has 1 aromatic carbocycles. The molecule has 0 aliphatic carbocycles. The Bertz CT molecular complexity index is 564. The lowest BCUT2D eigenvalue weighted by Crippen LogP contribution is -2.08. The summed E-state index contributed by atoms with van der Waals surface area (Å²) in [4.78, 5) is 12.6. The van der Waals surface area contributed by atoms with Crippen LogP contribution in [0.1, 0.15) is 10.5 Å². The second kappa shape index (κ2) is 5.34. The van der Waals surface area contributed by atoms with Gasteiger partial charge in [0.05, 0.1) is 0 Å². The summed E-state index contributed by atoms with van der Waals surface area (Å²) >= 11 is 0. The van der Waals surface area contributed by atoms with E-state index in [0.717, 1.165) is 11.4 Å². The summed E-state index contributed by atoms with van der Waals surface area (Å²) in [5.41, 5.74) is 1.88. The molecule has 0 atom stereocenters. The van der Waals surface area contributed by atoms with Crippen LogP contribution in [0.5, 0.6) is 0 Å². The number of anilines is 3. The Hall–Kier alpha value is -2.63. The van der Waals surface area contributed by atoms with Crippen molar-refractivity contribution in [1.82, 2.24) is 10.2 Å². The molecule has 0 fully saturated rings. The number of benzene rings is 1. The molecule has 0 spiro atoms. The maximum absolute atomic E-state index is 10.6. The normalized spacial score (nSPS) is 10.0. The zero-order valence-corrected chi connectivity index (χ0v) is 10.7. The van der Waals surface area contributed by atoms with E-state index < -0.39 is 5.97 Å². The molecule has 1 heterocycles. The average molecular weight is 258 g/mol. The second-order valence-electron chi connectivity index (χ2n) is 4.18. The molecule has 2 aromatic rings. The lowest BCUT2D eigenvalue weighted by Gasteiger charge is -2.13. The van der Waals surface area contributed by atoms with Crippen LogP contribution in [0.15, 0.2) is 36.4 Å². The van der Waals surface area contributed by atoms with E-state index in [2.05, 4.69) is 15.5 Å². The van der Waals surface area contributed by atoms with Gasteiger partial charge in [0.1, 0.15) is 0 Å². The van der Waals surface area contributed by atoms with E-state index in [-0.39, 0.29) is 5.69 Å². The van der Waals surface area contributed by atoms with Gasteiger partial charge in [-0.1, -0.05) is 0 Å². The first-order valence-electron chi connectivity index (χ1n) is 5.68. The third kappa shape index (κ3) is 3.19. The van der Waals surface area contributed by atoms with E-state index >= 15 is 0 Å². The SMILES string of the molecule is CN(C)c1ccc(Nc2ccc(C(=O)O)nn2)cc1. The van der Waals surface area contributed by atoms with Gasteiger partial charge in [-0.2, -0.15) is 0 Å². The fourth-order valence-corrected chi connectivity index (χ4v) is 1.50. The van der Waals surface area contributed by atoms with Gasteiger partial charge in [-0.05, 0) is 36.4 Å². The van der Waals surface area contributed by atoms with Crippen LogP contribution < -0.4 is 10.2 Å². The van der Waals surface area contributed by atoms with Crippen molar-refractivity contribution in [3.05, 3.63) is 42.1 Å². The first-order valence-corrected chi connectivity index (χ1v) is 5.68. The van der Waals surface area contributed by atoms with E-state index in [1.54, 1.807) is 6.07 Å². The number of rotatable bonds is 4. The highest BCUT2D eigenvalue weighted by atomic mass is 16.4. The molecule has 19 heavy (non-hydrogen) atoms. The van der Waals surface area contributed by atoms with Crippen molar-refractivity contribution in [3.63, 3.8) is 0 Å². The summed E-state index contributed by atoms with van der Waals surface area (Å²) in [5, 5.41) is 19.2. The zero-order valence-electron chi connectivity index (χ0n) is 10.7. The number of carbonyl (C=O) groups is 1. The summed E-state index contributed by atoms with van der Waals surface area (Å²) in [5.74, 6) is -0.586. The highest BCUT2D eigenvalue weighted by Crippen LogP contribution is 2.18. The molecule has 0 radical (unpaired) electrons.